The molecule has 0 aromatic heterocycles. The van der Waals surface area contributed by atoms with E-state index in [1.807, 2.05) is 0 Å². The monoisotopic (exact) mass is 412 g/mol. The van der Waals surface area contributed by atoms with Crippen LogP contribution >= 0.6 is 0 Å². The Kier molecular flexibility index (Phi) is 1.69. The molecule has 148 valence electrons. The first-order valence-corrected chi connectivity index (χ1v) is 12.5. The van der Waals surface area contributed by atoms with Gasteiger partial charge in [0.05, 0.1) is 0 Å². The summed E-state index contributed by atoms with van der Waals surface area (Å²) in [6, 6.07) is 9.95. The van der Waals surface area contributed by atoms with E-state index in [1.165, 1.54) is 21.9 Å². The van der Waals surface area contributed by atoms with E-state index in [1.54, 1.807) is 92.8 Å². The summed E-state index contributed by atoms with van der Waals surface area (Å²) in [6.45, 7) is 2.40. The second-order valence-electron chi connectivity index (χ2n) is 11.5. The van der Waals surface area contributed by atoms with Crippen molar-refractivity contribution in [1.29, 1.82) is 0 Å². The molecule has 7 aromatic carbocycles. The van der Waals surface area contributed by atoms with Crippen molar-refractivity contribution in [3.8, 4) is 0 Å². The third-order valence-corrected chi connectivity index (χ3v) is 10.5. The first-order valence-electron chi connectivity index (χ1n) is 12.5. The second kappa shape index (κ2) is 3.84. The number of aryl methyl sites for hydroxylation is 1. The lowest BCUT2D eigenvalue weighted by Gasteiger charge is -2.31. The van der Waals surface area contributed by atoms with E-state index < -0.39 is 0 Å². The summed E-state index contributed by atoms with van der Waals surface area (Å²) >= 11 is 0. The molecule has 2 unspecified atom stereocenters. The van der Waals surface area contributed by atoms with Gasteiger partial charge >= 0.3 is 0 Å². The molecule has 0 spiro atoms. The van der Waals surface area contributed by atoms with E-state index in [0.717, 1.165) is 12.8 Å². The summed E-state index contributed by atoms with van der Waals surface area (Å²) in [4.78, 5) is 0. The Morgan fingerprint density at radius 3 is 2.52 bits per heavy atom. The van der Waals surface area contributed by atoms with Crippen molar-refractivity contribution in [2.75, 3.05) is 0 Å². The third-order valence-electron chi connectivity index (χ3n) is 10.5. The fourth-order valence-electron chi connectivity index (χ4n) is 9.65. The zero-order valence-corrected chi connectivity index (χ0v) is 18.1. The van der Waals surface area contributed by atoms with Gasteiger partial charge in [-0.15, -0.1) is 0 Å². The minimum absolute atomic E-state index is 0.516. The van der Waals surface area contributed by atoms with Crippen molar-refractivity contribution in [3.63, 3.8) is 0 Å². The van der Waals surface area contributed by atoms with Gasteiger partial charge in [-0.25, -0.2) is 0 Å². The van der Waals surface area contributed by atoms with E-state index in [4.69, 9.17) is 0 Å². The van der Waals surface area contributed by atoms with Crippen LogP contribution in [0.15, 0.2) is 36.4 Å². The Labute approximate surface area is 188 Å². The predicted octanol–water partition coefficient (Wildman–Crippen LogP) is 8.17. The average Bonchev–Trinajstić information content (AvgIpc) is 3.55. The maximum Gasteiger partial charge on any atom is 0.0212 e. The predicted molar refractivity (Wildman–Crippen MR) is 139 cm³/mol. The highest BCUT2D eigenvalue weighted by atomic mass is 14.5. The molecule has 0 amide bonds. The fourth-order valence-corrected chi connectivity index (χ4v) is 9.65. The highest BCUT2D eigenvalue weighted by Crippen LogP contribution is 2.66. The fraction of sp³-hybridized carbons (Fsp3) is 0.152. The minimum Gasteiger partial charge on any atom is -0.0760 e. The molecule has 12 rings (SSSR count). The standard InChI is InChI=1S/C33H16/c1-11-18-5-4-14-7-16-9-15-6-12-2-3-13-8-17-10-19(11)27-25(17)29-21(13)20(12)28-23(15)24(16)30-22(14)26(18)31(27)33(30)32(28)29/h2-8,13,21H,9-10H2,1H3. The normalized spacial score (nSPS) is 22.5. The SMILES string of the molecule is Cc1c2c3c4c5c6c7c8c(cc9c7c7c(cc%10ccc1c1c%10c7c6c31)C9)C=CC(C=C4C2)C85. The van der Waals surface area contributed by atoms with Crippen LogP contribution in [-0.4, -0.2) is 0 Å². The Morgan fingerprint density at radius 1 is 0.727 bits per heavy atom. The average molecular weight is 412 g/mol. The van der Waals surface area contributed by atoms with Crippen LogP contribution in [0.1, 0.15) is 50.4 Å². The number of rotatable bonds is 0. The summed E-state index contributed by atoms with van der Waals surface area (Å²) in [7, 11) is 0. The summed E-state index contributed by atoms with van der Waals surface area (Å²) < 4.78 is 0. The van der Waals surface area contributed by atoms with Crippen LogP contribution in [0.3, 0.4) is 0 Å². The number of hydrogen-bond donors (Lipinski definition) is 0. The van der Waals surface area contributed by atoms with E-state index >= 15 is 0 Å². The molecule has 33 heavy (non-hydrogen) atoms. The molecule has 5 aliphatic carbocycles. The van der Waals surface area contributed by atoms with Gasteiger partial charge in [-0.1, -0.05) is 42.5 Å². The molecule has 0 heteroatoms. The molecule has 7 aromatic rings. The number of hydrogen-bond acceptors (Lipinski definition) is 0. The Balaban J connectivity index is 1.63. The van der Waals surface area contributed by atoms with Crippen LogP contribution in [0, 0.1) is 12.8 Å². The minimum atomic E-state index is 0.516. The highest BCUT2D eigenvalue weighted by molar-refractivity contribution is 6.51. The van der Waals surface area contributed by atoms with E-state index in [0.29, 0.717) is 11.8 Å². The Bertz CT molecular complexity index is 2280. The molecule has 5 aliphatic rings. The van der Waals surface area contributed by atoms with Gasteiger partial charge in [0.1, 0.15) is 0 Å². The van der Waals surface area contributed by atoms with Crippen LogP contribution in [0.4, 0.5) is 0 Å². The number of benzene rings is 6. The van der Waals surface area contributed by atoms with Crippen molar-refractivity contribution in [2.24, 2.45) is 5.92 Å². The highest BCUT2D eigenvalue weighted by Gasteiger charge is 2.46. The molecule has 0 saturated heterocycles. The van der Waals surface area contributed by atoms with Crippen LogP contribution in [0.25, 0.3) is 76.3 Å². The maximum atomic E-state index is 2.65. The Hall–Kier alpha value is -3.64. The van der Waals surface area contributed by atoms with Gasteiger partial charge in [-0.3, -0.25) is 0 Å². The molecule has 0 saturated carbocycles. The van der Waals surface area contributed by atoms with Gasteiger partial charge in [-0.05, 0) is 134 Å². The van der Waals surface area contributed by atoms with Gasteiger partial charge in [0.25, 0.3) is 0 Å². The van der Waals surface area contributed by atoms with Crippen molar-refractivity contribution in [3.05, 3.63) is 80.9 Å². The number of allylic oxidation sites excluding steroid dienone is 3. The van der Waals surface area contributed by atoms with Crippen molar-refractivity contribution >= 4 is 76.3 Å². The van der Waals surface area contributed by atoms with Crippen LogP contribution in [0.5, 0.6) is 0 Å². The summed E-state index contributed by atoms with van der Waals surface area (Å²) in [5.74, 6) is 1.04. The van der Waals surface area contributed by atoms with Gasteiger partial charge in [0, 0.05) is 11.8 Å². The lowest BCUT2D eigenvalue weighted by atomic mass is 9.71. The first-order chi connectivity index (χ1) is 16.3. The summed E-state index contributed by atoms with van der Waals surface area (Å²) in [5.41, 5.74) is 14.4. The molecular formula is C33H16. The molecule has 0 N–H and O–H groups in total. The molecule has 0 heterocycles. The van der Waals surface area contributed by atoms with Crippen LogP contribution < -0.4 is 0 Å². The molecular weight excluding hydrogens is 396 g/mol. The molecule has 0 radical (unpaired) electrons. The lowest BCUT2D eigenvalue weighted by molar-refractivity contribution is 0.685. The first kappa shape index (κ1) is 14.5. The van der Waals surface area contributed by atoms with Gasteiger partial charge in [-0.2, -0.15) is 0 Å². The maximum absolute atomic E-state index is 2.65. The topological polar surface area (TPSA) is 0 Å². The molecule has 0 fully saturated rings. The van der Waals surface area contributed by atoms with E-state index in [-0.39, 0.29) is 0 Å². The zero-order chi connectivity index (χ0) is 20.6. The van der Waals surface area contributed by atoms with Crippen molar-refractivity contribution < 1.29 is 0 Å². The summed E-state index contributed by atoms with van der Waals surface area (Å²) in [5, 5.41) is 19.1. The molecule has 0 nitrogen and oxygen atoms in total. The molecule has 0 bridgehead atoms. The van der Waals surface area contributed by atoms with E-state index in [9.17, 15) is 0 Å². The summed E-state index contributed by atoms with van der Waals surface area (Å²) in [6.07, 6.45) is 9.84. The smallest absolute Gasteiger partial charge is 0.0212 e. The van der Waals surface area contributed by atoms with Crippen LogP contribution in [-0.2, 0) is 12.8 Å². The third kappa shape index (κ3) is 1.09. The van der Waals surface area contributed by atoms with Crippen LogP contribution in [0.2, 0.25) is 0 Å². The van der Waals surface area contributed by atoms with Crippen molar-refractivity contribution in [2.45, 2.75) is 25.7 Å². The lowest BCUT2D eigenvalue weighted by Crippen LogP contribution is -2.17. The van der Waals surface area contributed by atoms with Gasteiger partial charge in [0.15, 0.2) is 0 Å². The Morgan fingerprint density at radius 2 is 1.55 bits per heavy atom. The molecule has 0 aliphatic heterocycles. The quantitative estimate of drug-likeness (QED) is 0.220. The van der Waals surface area contributed by atoms with Gasteiger partial charge < -0.3 is 0 Å². The zero-order valence-electron chi connectivity index (χ0n) is 18.1. The largest absolute Gasteiger partial charge is 0.0760 e. The molecule has 2 atom stereocenters. The van der Waals surface area contributed by atoms with Gasteiger partial charge in [0.2, 0.25) is 0 Å². The second-order valence-corrected chi connectivity index (χ2v) is 11.5. The van der Waals surface area contributed by atoms with E-state index in [2.05, 4.69) is 49.4 Å². The van der Waals surface area contributed by atoms with Crippen molar-refractivity contribution in [1.82, 2.24) is 0 Å².